The molecule has 2 N–H and O–H groups in total. The monoisotopic (exact) mass is 318 g/mol. The van der Waals surface area contributed by atoms with Gasteiger partial charge in [-0.05, 0) is 18.2 Å². The summed E-state index contributed by atoms with van der Waals surface area (Å²) in [6.45, 7) is 0. The van der Waals surface area contributed by atoms with Gasteiger partial charge in [0.15, 0.2) is 15.5 Å². The number of aryl methyl sites for hydroxylation is 1. The summed E-state index contributed by atoms with van der Waals surface area (Å²) in [5.74, 6) is 0. The van der Waals surface area contributed by atoms with E-state index >= 15 is 0 Å². The number of sulfone groups is 1. The van der Waals surface area contributed by atoms with Crippen LogP contribution in [0.15, 0.2) is 46.2 Å². The highest BCUT2D eigenvalue weighted by molar-refractivity contribution is 7.90. The molecule has 0 amide bonds. The summed E-state index contributed by atoms with van der Waals surface area (Å²) in [5, 5.41) is 6.03. The van der Waals surface area contributed by atoms with Crippen LogP contribution in [0.5, 0.6) is 0 Å². The van der Waals surface area contributed by atoms with Crippen LogP contribution in [0.4, 0.5) is 11.4 Å². The van der Waals surface area contributed by atoms with Crippen LogP contribution >= 0.6 is 0 Å². The van der Waals surface area contributed by atoms with Crippen molar-refractivity contribution in [1.29, 1.82) is 0 Å². The summed E-state index contributed by atoms with van der Waals surface area (Å²) in [7, 11) is -1.70. The number of pyridine rings is 1. The van der Waals surface area contributed by atoms with Crippen molar-refractivity contribution in [3.63, 3.8) is 0 Å². The second kappa shape index (κ2) is 4.99. The quantitative estimate of drug-likeness (QED) is 0.761. The van der Waals surface area contributed by atoms with Crippen molar-refractivity contribution in [3.05, 3.63) is 46.9 Å². The highest BCUT2D eigenvalue weighted by atomic mass is 32.2. The fourth-order valence-corrected chi connectivity index (χ4v) is 3.18. The first-order chi connectivity index (χ1) is 10.4. The molecule has 0 aliphatic heterocycles. The van der Waals surface area contributed by atoms with Gasteiger partial charge in [-0.25, -0.2) is 13.4 Å². The maximum absolute atomic E-state index is 12.0. The van der Waals surface area contributed by atoms with Crippen LogP contribution in [0.1, 0.15) is 0 Å². The third-order valence-corrected chi connectivity index (χ3v) is 4.46. The number of aromatic nitrogens is 3. The minimum atomic E-state index is -3.38. The maximum atomic E-state index is 12.0. The molecule has 114 valence electrons. The molecule has 0 radical (unpaired) electrons. The van der Waals surface area contributed by atoms with Crippen molar-refractivity contribution in [2.45, 2.75) is 4.90 Å². The minimum Gasteiger partial charge on any atom is -0.354 e. The Labute approximate surface area is 126 Å². The Bertz CT molecular complexity index is 1020. The van der Waals surface area contributed by atoms with Gasteiger partial charge < -0.3 is 5.32 Å². The number of hydrogen-bond donors (Lipinski definition) is 2. The molecule has 2 heterocycles. The lowest BCUT2D eigenvalue weighted by Crippen LogP contribution is -2.05. The van der Waals surface area contributed by atoms with Crippen LogP contribution in [0.25, 0.3) is 11.0 Å². The van der Waals surface area contributed by atoms with E-state index in [2.05, 4.69) is 15.4 Å². The van der Waals surface area contributed by atoms with E-state index in [1.54, 1.807) is 37.5 Å². The first-order valence-corrected chi connectivity index (χ1v) is 8.37. The predicted molar refractivity (Wildman–Crippen MR) is 84.2 cm³/mol. The number of aromatic amines is 1. The number of rotatable bonds is 3. The van der Waals surface area contributed by atoms with Crippen molar-refractivity contribution in [2.75, 3.05) is 11.6 Å². The molecule has 22 heavy (non-hydrogen) atoms. The molecule has 3 aromatic rings. The van der Waals surface area contributed by atoms with Gasteiger partial charge in [-0.15, -0.1) is 0 Å². The van der Waals surface area contributed by atoms with Crippen LogP contribution < -0.4 is 10.9 Å². The number of benzene rings is 1. The molecule has 0 saturated carbocycles. The van der Waals surface area contributed by atoms with Gasteiger partial charge in [0.05, 0.1) is 16.3 Å². The molecule has 0 bridgehead atoms. The molecule has 2 aromatic heterocycles. The molecule has 0 atom stereocenters. The average Bonchev–Trinajstić information content (AvgIpc) is 2.74. The summed E-state index contributed by atoms with van der Waals surface area (Å²) in [6.07, 6.45) is 2.70. The second-order valence-corrected chi connectivity index (χ2v) is 6.93. The summed E-state index contributed by atoms with van der Waals surface area (Å²) < 4.78 is 25.2. The zero-order chi connectivity index (χ0) is 15.9. The van der Waals surface area contributed by atoms with E-state index in [0.29, 0.717) is 22.4 Å². The van der Waals surface area contributed by atoms with Crippen LogP contribution in [-0.4, -0.2) is 29.4 Å². The fourth-order valence-electron chi connectivity index (χ4n) is 2.33. The number of H-pyrrole nitrogens is 1. The Morgan fingerprint density at radius 1 is 1.18 bits per heavy atom. The number of anilines is 2. The van der Waals surface area contributed by atoms with Crippen LogP contribution in [-0.2, 0) is 16.9 Å². The normalized spacial score (nSPS) is 11.7. The van der Waals surface area contributed by atoms with Gasteiger partial charge in [0, 0.05) is 19.5 Å². The molecule has 0 saturated heterocycles. The molecule has 1 aromatic carbocycles. The number of fused-ring (bicyclic) bond motifs is 1. The van der Waals surface area contributed by atoms with Gasteiger partial charge in [0.1, 0.15) is 5.39 Å². The van der Waals surface area contributed by atoms with E-state index in [-0.39, 0.29) is 10.5 Å². The van der Waals surface area contributed by atoms with Gasteiger partial charge in [-0.1, -0.05) is 12.1 Å². The SMILES string of the molecule is Cn1[nH]c(=O)c2c(Nc3ccccc3S(C)(=O)=O)ccnc21. The highest BCUT2D eigenvalue weighted by Gasteiger charge is 2.15. The van der Waals surface area contributed by atoms with Crippen molar-refractivity contribution in [2.24, 2.45) is 7.05 Å². The topological polar surface area (TPSA) is 96.9 Å². The molecule has 0 aliphatic carbocycles. The number of nitrogens with zero attached hydrogens (tertiary/aromatic N) is 2. The molecule has 0 fully saturated rings. The van der Waals surface area contributed by atoms with Crippen molar-refractivity contribution >= 4 is 32.2 Å². The van der Waals surface area contributed by atoms with Gasteiger partial charge in [0.25, 0.3) is 5.56 Å². The molecular weight excluding hydrogens is 304 g/mol. The first-order valence-electron chi connectivity index (χ1n) is 6.48. The van der Waals surface area contributed by atoms with Crippen LogP contribution in [0.3, 0.4) is 0 Å². The smallest absolute Gasteiger partial charge is 0.275 e. The van der Waals surface area contributed by atoms with E-state index in [0.717, 1.165) is 6.26 Å². The van der Waals surface area contributed by atoms with Crippen LogP contribution in [0.2, 0.25) is 0 Å². The first kappa shape index (κ1) is 14.3. The van der Waals surface area contributed by atoms with Crippen molar-refractivity contribution < 1.29 is 8.42 Å². The molecule has 0 spiro atoms. The standard InChI is InChI=1S/C14H14N4O3S/c1-18-13-12(14(19)17-18)10(7-8-15-13)16-9-5-3-4-6-11(9)22(2,20)21/h3-8H,1-2H3,(H,15,16)(H,17,19). The number of nitrogens with one attached hydrogen (secondary N) is 2. The summed E-state index contributed by atoms with van der Waals surface area (Å²) in [5.41, 5.74) is 1.13. The molecule has 8 heteroatoms. The Morgan fingerprint density at radius 3 is 2.64 bits per heavy atom. The zero-order valence-corrected chi connectivity index (χ0v) is 12.8. The van der Waals surface area contributed by atoms with Crippen molar-refractivity contribution in [1.82, 2.24) is 14.8 Å². The van der Waals surface area contributed by atoms with Gasteiger partial charge in [0.2, 0.25) is 0 Å². The highest BCUT2D eigenvalue weighted by Crippen LogP contribution is 2.27. The Morgan fingerprint density at radius 2 is 1.91 bits per heavy atom. The molecule has 0 aliphatic rings. The largest absolute Gasteiger partial charge is 0.354 e. The Hall–Kier alpha value is -2.61. The number of para-hydroxylation sites is 1. The Balaban J connectivity index is 2.19. The van der Waals surface area contributed by atoms with E-state index < -0.39 is 9.84 Å². The molecule has 7 nitrogen and oxygen atoms in total. The van der Waals surface area contributed by atoms with E-state index in [1.165, 1.54) is 10.7 Å². The number of hydrogen-bond acceptors (Lipinski definition) is 5. The molecule has 0 unspecified atom stereocenters. The van der Waals surface area contributed by atoms with E-state index in [4.69, 9.17) is 0 Å². The lowest BCUT2D eigenvalue weighted by molar-refractivity contribution is 0.602. The third-order valence-electron chi connectivity index (χ3n) is 3.30. The maximum Gasteiger partial charge on any atom is 0.275 e. The second-order valence-electron chi connectivity index (χ2n) is 4.95. The molecule has 3 rings (SSSR count). The summed E-state index contributed by atoms with van der Waals surface area (Å²) in [6, 6.07) is 8.19. The van der Waals surface area contributed by atoms with Gasteiger partial charge in [-0.2, -0.15) is 0 Å². The van der Waals surface area contributed by atoms with Gasteiger partial charge >= 0.3 is 0 Å². The van der Waals surface area contributed by atoms with Crippen molar-refractivity contribution in [3.8, 4) is 0 Å². The average molecular weight is 318 g/mol. The Kier molecular flexibility index (Phi) is 3.25. The lowest BCUT2D eigenvalue weighted by atomic mass is 10.2. The minimum absolute atomic E-state index is 0.173. The zero-order valence-electron chi connectivity index (χ0n) is 12.0. The van der Waals surface area contributed by atoms with Crippen LogP contribution in [0, 0.1) is 0 Å². The third kappa shape index (κ3) is 2.37. The predicted octanol–water partition coefficient (Wildman–Crippen LogP) is 1.41. The van der Waals surface area contributed by atoms with E-state index in [9.17, 15) is 13.2 Å². The fraction of sp³-hybridized carbons (Fsp3) is 0.143. The van der Waals surface area contributed by atoms with Gasteiger partial charge in [-0.3, -0.25) is 14.6 Å². The van der Waals surface area contributed by atoms with E-state index in [1.807, 2.05) is 0 Å². The molecular formula is C14H14N4O3S. The lowest BCUT2D eigenvalue weighted by Gasteiger charge is -2.11. The summed E-state index contributed by atoms with van der Waals surface area (Å²) in [4.78, 5) is 16.3. The summed E-state index contributed by atoms with van der Waals surface area (Å²) >= 11 is 0.